The van der Waals surface area contributed by atoms with Gasteiger partial charge in [0.2, 0.25) is 0 Å². The number of carbonyl (C=O) groups is 1. The lowest BCUT2D eigenvalue weighted by atomic mass is 9.92. The Morgan fingerprint density at radius 3 is 2.39 bits per heavy atom. The van der Waals surface area contributed by atoms with E-state index in [2.05, 4.69) is 36.4 Å². The summed E-state index contributed by atoms with van der Waals surface area (Å²) in [5.74, 6) is 0. The predicted octanol–water partition coefficient (Wildman–Crippen LogP) is 3.14. The Kier molecular flexibility index (Phi) is 7.81. The van der Waals surface area contributed by atoms with Gasteiger partial charge < -0.3 is 20.3 Å². The number of rotatable bonds is 7. The Morgan fingerprint density at radius 1 is 1.22 bits per heavy atom. The summed E-state index contributed by atoms with van der Waals surface area (Å²) < 4.78 is 5.42. The van der Waals surface area contributed by atoms with Crippen LogP contribution in [-0.2, 0) is 4.74 Å². The Balaban J connectivity index is 2.50. The molecule has 0 spiro atoms. The van der Waals surface area contributed by atoms with Crippen LogP contribution in [0.2, 0.25) is 0 Å². The van der Waals surface area contributed by atoms with Crippen molar-refractivity contribution < 1.29 is 9.53 Å². The standard InChI is InChI=1S/C18H37N3O2/c1-7-18(8-2,20-16(22)23-17(3,4)5)14-19-13-15-11-9-10-12-21(15)6/h15,19H,7-14H2,1-6H3,(H,20,22). The molecule has 0 aromatic heterocycles. The number of ether oxygens (including phenoxy) is 1. The van der Waals surface area contributed by atoms with Crippen molar-refractivity contribution in [2.75, 3.05) is 26.7 Å². The van der Waals surface area contributed by atoms with Crippen LogP contribution in [0, 0.1) is 0 Å². The van der Waals surface area contributed by atoms with Crippen LogP contribution in [0.3, 0.4) is 0 Å². The summed E-state index contributed by atoms with van der Waals surface area (Å²) in [5.41, 5.74) is -0.703. The molecule has 0 radical (unpaired) electrons. The van der Waals surface area contributed by atoms with Gasteiger partial charge in [0, 0.05) is 19.1 Å². The lowest BCUT2D eigenvalue weighted by Gasteiger charge is -2.36. The van der Waals surface area contributed by atoms with Gasteiger partial charge in [-0.1, -0.05) is 20.3 Å². The van der Waals surface area contributed by atoms with Crippen LogP contribution in [0.5, 0.6) is 0 Å². The maximum absolute atomic E-state index is 12.1. The number of hydrogen-bond acceptors (Lipinski definition) is 4. The molecule has 1 amide bonds. The predicted molar refractivity (Wildman–Crippen MR) is 95.8 cm³/mol. The van der Waals surface area contributed by atoms with Gasteiger partial charge in [-0.3, -0.25) is 0 Å². The van der Waals surface area contributed by atoms with Crippen molar-refractivity contribution in [2.24, 2.45) is 0 Å². The van der Waals surface area contributed by atoms with Crippen LogP contribution >= 0.6 is 0 Å². The summed E-state index contributed by atoms with van der Waals surface area (Å²) in [6, 6.07) is 0.608. The van der Waals surface area contributed by atoms with Crippen LogP contribution in [0.4, 0.5) is 4.79 Å². The molecule has 0 aromatic rings. The highest BCUT2D eigenvalue weighted by Crippen LogP contribution is 2.18. The van der Waals surface area contributed by atoms with E-state index in [0.29, 0.717) is 6.04 Å². The monoisotopic (exact) mass is 327 g/mol. The third kappa shape index (κ3) is 7.08. The van der Waals surface area contributed by atoms with Gasteiger partial charge in [0.25, 0.3) is 0 Å². The molecule has 136 valence electrons. The molecule has 1 atom stereocenters. The van der Waals surface area contributed by atoms with Crippen molar-refractivity contribution >= 4 is 6.09 Å². The first kappa shape index (κ1) is 20.2. The van der Waals surface area contributed by atoms with Gasteiger partial charge >= 0.3 is 6.09 Å². The van der Waals surface area contributed by atoms with Crippen molar-refractivity contribution in [1.29, 1.82) is 0 Å². The quantitative estimate of drug-likeness (QED) is 0.754. The van der Waals surface area contributed by atoms with Crippen LogP contribution in [0.1, 0.15) is 66.7 Å². The molecular formula is C18H37N3O2. The van der Waals surface area contributed by atoms with Gasteiger partial charge in [-0.05, 0) is 60.0 Å². The molecule has 0 aliphatic carbocycles. The van der Waals surface area contributed by atoms with Gasteiger partial charge in [0.1, 0.15) is 5.60 Å². The van der Waals surface area contributed by atoms with Crippen molar-refractivity contribution in [2.45, 2.75) is 83.9 Å². The maximum atomic E-state index is 12.1. The van der Waals surface area contributed by atoms with Crippen LogP contribution in [0.25, 0.3) is 0 Å². The Bertz CT molecular complexity index is 362. The molecule has 0 bridgehead atoms. The van der Waals surface area contributed by atoms with Gasteiger partial charge in [-0.15, -0.1) is 0 Å². The topological polar surface area (TPSA) is 53.6 Å². The molecular weight excluding hydrogens is 290 g/mol. The lowest BCUT2D eigenvalue weighted by molar-refractivity contribution is 0.0444. The Morgan fingerprint density at radius 2 is 1.87 bits per heavy atom. The molecule has 5 nitrogen and oxygen atoms in total. The van der Waals surface area contributed by atoms with E-state index in [1.165, 1.54) is 25.8 Å². The molecule has 0 saturated carbocycles. The van der Waals surface area contributed by atoms with E-state index < -0.39 is 5.60 Å². The number of piperidine rings is 1. The SMILES string of the molecule is CCC(CC)(CNCC1CCCCN1C)NC(=O)OC(C)(C)C. The summed E-state index contributed by atoms with van der Waals surface area (Å²) in [5, 5.41) is 6.68. The highest BCUT2D eigenvalue weighted by molar-refractivity contribution is 5.68. The van der Waals surface area contributed by atoms with E-state index in [4.69, 9.17) is 4.74 Å². The van der Waals surface area contributed by atoms with Crippen LogP contribution < -0.4 is 10.6 Å². The smallest absolute Gasteiger partial charge is 0.408 e. The third-order valence-electron chi connectivity index (χ3n) is 4.88. The first-order chi connectivity index (χ1) is 10.7. The van der Waals surface area contributed by atoms with Crippen molar-refractivity contribution in [3.63, 3.8) is 0 Å². The van der Waals surface area contributed by atoms with Crippen molar-refractivity contribution in [3.05, 3.63) is 0 Å². The molecule has 1 aliphatic heterocycles. The Hall–Kier alpha value is -0.810. The van der Waals surface area contributed by atoms with Crippen LogP contribution in [0.15, 0.2) is 0 Å². The van der Waals surface area contributed by atoms with E-state index in [0.717, 1.165) is 25.9 Å². The van der Waals surface area contributed by atoms with Gasteiger partial charge in [0.15, 0.2) is 0 Å². The van der Waals surface area contributed by atoms with Gasteiger partial charge in [0.05, 0.1) is 5.54 Å². The third-order valence-corrected chi connectivity index (χ3v) is 4.88. The molecule has 23 heavy (non-hydrogen) atoms. The zero-order valence-corrected chi connectivity index (χ0v) is 16.0. The molecule has 5 heteroatoms. The second-order valence-corrected chi connectivity index (χ2v) is 7.88. The Labute approximate surface area is 142 Å². The summed E-state index contributed by atoms with van der Waals surface area (Å²) in [7, 11) is 2.21. The van der Waals surface area contributed by atoms with E-state index >= 15 is 0 Å². The number of nitrogens with zero attached hydrogens (tertiary/aromatic N) is 1. The molecule has 1 fully saturated rings. The average Bonchev–Trinajstić information content (AvgIpc) is 2.46. The van der Waals surface area contributed by atoms with E-state index in [1.54, 1.807) is 0 Å². The second-order valence-electron chi connectivity index (χ2n) is 7.88. The second kappa shape index (κ2) is 8.88. The fraction of sp³-hybridized carbons (Fsp3) is 0.944. The van der Waals surface area contributed by atoms with Crippen molar-refractivity contribution in [1.82, 2.24) is 15.5 Å². The normalized spacial score (nSPS) is 20.3. The van der Waals surface area contributed by atoms with Gasteiger partial charge in [-0.2, -0.15) is 0 Å². The zero-order chi connectivity index (χ0) is 17.5. The number of hydrogen-bond donors (Lipinski definition) is 2. The van der Waals surface area contributed by atoms with Crippen molar-refractivity contribution in [3.8, 4) is 0 Å². The number of carbonyl (C=O) groups excluding carboxylic acids is 1. The molecule has 0 aromatic carbocycles. The molecule has 1 unspecified atom stereocenters. The molecule has 1 heterocycles. The van der Waals surface area contributed by atoms with E-state index in [1.807, 2.05) is 20.8 Å². The summed E-state index contributed by atoms with van der Waals surface area (Å²) >= 11 is 0. The molecule has 1 rings (SSSR count). The summed E-state index contributed by atoms with van der Waals surface area (Å²) in [4.78, 5) is 14.6. The summed E-state index contributed by atoms with van der Waals surface area (Å²) in [6.07, 6.45) is 5.33. The number of likely N-dealkylation sites (tertiary alicyclic amines) is 1. The molecule has 1 aliphatic rings. The lowest BCUT2D eigenvalue weighted by Crippen LogP contribution is -2.56. The maximum Gasteiger partial charge on any atom is 0.408 e. The molecule has 2 N–H and O–H groups in total. The minimum Gasteiger partial charge on any atom is -0.444 e. The van der Waals surface area contributed by atoms with Crippen LogP contribution in [-0.4, -0.2) is 54.9 Å². The minimum atomic E-state index is -0.463. The first-order valence-electron chi connectivity index (χ1n) is 9.13. The first-order valence-corrected chi connectivity index (χ1v) is 9.13. The van der Waals surface area contributed by atoms with Gasteiger partial charge in [-0.25, -0.2) is 4.79 Å². The van der Waals surface area contributed by atoms with E-state index in [9.17, 15) is 4.79 Å². The number of alkyl carbamates (subject to hydrolysis) is 1. The fourth-order valence-corrected chi connectivity index (χ4v) is 3.12. The minimum absolute atomic E-state index is 0.241. The largest absolute Gasteiger partial charge is 0.444 e. The highest BCUT2D eigenvalue weighted by atomic mass is 16.6. The number of likely N-dealkylation sites (N-methyl/N-ethyl adjacent to an activating group) is 1. The summed E-state index contributed by atoms with van der Waals surface area (Å²) in [6.45, 7) is 12.9. The number of nitrogens with one attached hydrogen (secondary N) is 2. The average molecular weight is 328 g/mol. The highest BCUT2D eigenvalue weighted by Gasteiger charge is 2.30. The fourth-order valence-electron chi connectivity index (χ4n) is 3.12. The number of amides is 1. The molecule has 1 saturated heterocycles. The van der Waals surface area contributed by atoms with E-state index in [-0.39, 0.29) is 11.6 Å². The zero-order valence-electron chi connectivity index (χ0n) is 16.0.